The number of sulfonamides is 1. The molecule has 1 saturated heterocycles. The predicted molar refractivity (Wildman–Crippen MR) is 174 cm³/mol. The molecule has 3 N–H and O–H groups in total. The first-order valence-electron chi connectivity index (χ1n) is 14.5. The maximum Gasteiger partial charge on any atom is 0.355 e. The van der Waals surface area contributed by atoms with Gasteiger partial charge < -0.3 is 19.9 Å². The van der Waals surface area contributed by atoms with Crippen LogP contribution in [0.15, 0.2) is 78.2 Å². The Labute approximate surface area is 256 Å². The summed E-state index contributed by atoms with van der Waals surface area (Å²) in [5.74, 6) is -0.101. The van der Waals surface area contributed by atoms with Crippen LogP contribution in [0.25, 0.3) is 21.7 Å². The third-order valence-corrected chi connectivity index (χ3v) is 10.5. The van der Waals surface area contributed by atoms with Crippen molar-refractivity contribution in [1.29, 1.82) is 0 Å². The quantitative estimate of drug-likeness (QED) is 0.192. The number of anilines is 1. The van der Waals surface area contributed by atoms with Crippen LogP contribution >= 0.6 is 11.3 Å². The Morgan fingerprint density at radius 1 is 1.02 bits per heavy atom. The number of hydrogen-bond donors (Lipinski definition) is 2. The van der Waals surface area contributed by atoms with Crippen molar-refractivity contribution in [2.75, 3.05) is 31.5 Å². The molecule has 1 fully saturated rings. The van der Waals surface area contributed by atoms with Gasteiger partial charge in [-0.05, 0) is 96.5 Å². The Morgan fingerprint density at radius 2 is 1.84 bits per heavy atom. The van der Waals surface area contributed by atoms with E-state index >= 15 is 0 Å². The molecule has 224 valence electrons. The molecule has 1 aliphatic rings. The molecule has 5 aromatic rings. The van der Waals surface area contributed by atoms with Crippen molar-refractivity contribution in [3.63, 3.8) is 0 Å². The first-order valence-corrected chi connectivity index (χ1v) is 17.0. The molecule has 10 heteroatoms. The van der Waals surface area contributed by atoms with Gasteiger partial charge in [-0.25, -0.2) is 13.2 Å². The number of benzene rings is 3. The van der Waals surface area contributed by atoms with E-state index in [1.54, 1.807) is 0 Å². The van der Waals surface area contributed by atoms with E-state index in [-0.39, 0.29) is 11.7 Å². The lowest BCUT2D eigenvalue weighted by Gasteiger charge is -2.28. The van der Waals surface area contributed by atoms with Crippen LogP contribution in [0, 0.1) is 5.92 Å². The standard InChI is InChI=1S/C33H36N4O4S2/c1-36-12-10-23(11-13-36)21-41-33(38)32-18-26-9-8-24(19-34)15-31(26)37(32)20-27-17-28(16-25-5-2-3-7-30(25)27)35-43(39,40)22-29-6-4-14-42-29/h2-9,14-18,23,35H,10-13,19-22,34H2,1H3. The van der Waals surface area contributed by atoms with Gasteiger partial charge in [0.1, 0.15) is 11.4 Å². The summed E-state index contributed by atoms with van der Waals surface area (Å²) in [7, 11) is -1.51. The van der Waals surface area contributed by atoms with E-state index in [0.717, 1.165) is 63.6 Å². The average Bonchev–Trinajstić information content (AvgIpc) is 3.63. The highest BCUT2D eigenvalue weighted by molar-refractivity contribution is 7.92. The lowest BCUT2D eigenvalue weighted by atomic mass is 9.98. The number of esters is 1. The van der Waals surface area contributed by atoms with Gasteiger partial charge in [-0.1, -0.05) is 42.5 Å². The van der Waals surface area contributed by atoms with Crippen LogP contribution in [0.2, 0.25) is 0 Å². The smallest absolute Gasteiger partial charge is 0.355 e. The van der Waals surface area contributed by atoms with Crippen LogP contribution < -0.4 is 10.5 Å². The van der Waals surface area contributed by atoms with Gasteiger partial charge in [0.05, 0.1) is 6.61 Å². The number of nitrogens with two attached hydrogens (primary N) is 1. The van der Waals surface area contributed by atoms with E-state index in [1.165, 1.54) is 11.3 Å². The highest BCUT2D eigenvalue weighted by Gasteiger charge is 2.23. The van der Waals surface area contributed by atoms with Crippen molar-refractivity contribution in [2.24, 2.45) is 11.7 Å². The van der Waals surface area contributed by atoms with Gasteiger partial charge in [0.2, 0.25) is 10.0 Å². The number of likely N-dealkylation sites (tertiary alicyclic amines) is 1. The van der Waals surface area contributed by atoms with Crippen LogP contribution in [0.1, 0.15) is 39.3 Å². The molecule has 0 atom stereocenters. The van der Waals surface area contributed by atoms with Gasteiger partial charge in [0.25, 0.3) is 0 Å². The van der Waals surface area contributed by atoms with E-state index in [9.17, 15) is 13.2 Å². The number of nitrogens with zero attached hydrogens (tertiary/aromatic N) is 2. The van der Waals surface area contributed by atoms with E-state index in [2.05, 4.69) is 16.7 Å². The van der Waals surface area contributed by atoms with Crippen LogP contribution in [0.5, 0.6) is 0 Å². The number of hydrogen-bond acceptors (Lipinski definition) is 7. The van der Waals surface area contributed by atoms with Gasteiger partial charge in [0.15, 0.2) is 0 Å². The molecule has 0 saturated carbocycles. The molecular formula is C33H36N4O4S2. The summed E-state index contributed by atoms with van der Waals surface area (Å²) in [5.41, 5.74) is 9.64. The zero-order valence-electron chi connectivity index (χ0n) is 24.2. The third kappa shape index (κ3) is 6.78. The molecule has 0 radical (unpaired) electrons. The summed E-state index contributed by atoms with van der Waals surface area (Å²) >= 11 is 1.41. The molecule has 0 aliphatic carbocycles. The monoisotopic (exact) mass is 616 g/mol. The summed E-state index contributed by atoms with van der Waals surface area (Å²) in [6, 6.07) is 23.1. The van der Waals surface area contributed by atoms with E-state index in [4.69, 9.17) is 10.5 Å². The normalized spacial score (nSPS) is 14.8. The van der Waals surface area contributed by atoms with Gasteiger partial charge in [0, 0.05) is 34.6 Å². The maximum atomic E-state index is 13.6. The SMILES string of the molecule is CN1CCC(COC(=O)c2cc3ccc(CN)cc3n2Cc2cc(NS(=O)(=O)Cc3cccs3)cc3ccccc23)CC1. The number of ether oxygens (including phenoxy) is 1. The molecule has 6 rings (SSSR count). The maximum absolute atomic E-state index is 13.6. The van der Waals surface area contributed by atoms with Crippen molar-refractivity contribution < 1.29 is 17.9 Å². The second kappa shape index (κ2) is 12.5. The third-order valence-electron chi connectivity index (χ3n) is 8.16. The minimum Gasteiger partial charge on any atom is -0.461 e. The number of fused-ring (bicyclic) bond motifs is 2. The van der Waals surface area contributed by atoms with Crippen LogP contribution in [0.4, 0.5) is 5.69 Å². The molecule has 3 heterocycles. The van der Waals surface area contributed by atoms with Crippen molar-refractivity contribution in [2.45, 2.75) is 31.7 Å². The number of thiophene rings is 1. The topological polar surface area (TPSA) is 107 Å². The fourth-order valence-corrected chi connectivity index (χ4v) is 8.06. The highest BCUT2D eigenvalue weighted by atomic mass is 32.2. The molecule has 8 nitrogen and oxygen atoms in total. The zero-order chi connectivity index (χ0) is 30.0. The Bertz CT molecular complexity index is 1860. The molecule has 1 aliphatic heterocycles. The van der Waals surface area contributed by atoms with Crippen molar-refractivity contribution in [3.05, 3.63) is 99.9 Å². The Balaban J connectivity index is 1.35. The van der Waals surface area contributed by atoms with Gasteiger partial charge in [-0.2, -0.15) is 0 Å². The summed E-state index contributed by atoms with van der Waals surface area (Å²) < 4.78 is 36.8. The molecule has 0 spiro atoms. The number of piperidine rings is 1. The van der Waals surface area contributed by atoms with E-state index in [1.807, 2.05) is 82.7 Å². The van der Waals surface area contributed by atoms with Crippen LogP contribution in [0.3, 0.4) is 0 Å². The summed E-state index contributed by atoms with van der Waals surface area (Å²) in [5, 5.41) is 4.67. The van der Waals surface area contributed by atoms with E-state index in [0.29, 0.717) is 37.0 Å². The molecule has 2 aromatic heterocycles. The molecule has 0 unspecified atom stereocenters. The molecule has 43 heavy (non-hydrogen) atoms. The Hall–Kier alpha value is -3.70. The van der Waals surface area contributed by atoms with E-state index < -0.39 is 10.0 Å². The fourth-order valence-electron chi connectivity index (χ4n) is 5.81. The van der Waals surface area contributed by atoms with Crippen molar-refractivity contribution in [3.8, 4) is 0 Å². The van der Waals surface area contributed by atoms with Crippen molar-refractivity contribution in [1.82, 2.24) is 9.47 Å². The number of aromatic nitrogens is 1. The summed E-state index contributed by atoms with van der Waals surface area (Å²) in [6.07, 6.45) is 2.02. The van der Waals surface area contributed by atoms with Crippen LogP contribution in [-0.2, 0) is 33.6 Å². The summed E-state index contributed by atoms with van der Waals surface area (Å²) in [4.78, 5) is 16.7. The zero-order valence-corrected chi connectivity index (χ0v) is 25.8. The van der Waals surface area contributed by atoms with Crippen LogP contribution in [-0.4, -0.2) is 50.6 Å². The second-order valence-electron chi connectivity index (χ2n) is 11.4. The minimum atomic E-state index is -3.63. The molecule has 3 aromatic carbocycles. The Morgan fingerprint density at radius 3 is 2.60 bits per heavy atom. The number of nitrogens with one attached hydrogen (secondary N) is 1. The fraction of sp³-hybridized carbons (Fsp3) is 0.303. The predicted octanol–water partition coefficient (Wildman–Crippen LogP) is 5.80. The first kappa shape index (κ1) is 29.4. The lowest BCUT2D eigenvalue weighted by Crippen LogP contribution is -2.32. The molecular weight excluding hydrogens is 581 g/mol. The average molecular weight is 617 g/mol. The van der Waals surface area contributed by atoms with Gasteiger partial charge >= 0.3 is 5.97 Å². The number of carbonyl (C=O) groups excluding carboxylic acids is 1. The largest absolute Gasteiger partial charge is 0.461 e. The van der Waals surface area contributed by atoms with Gasteiger partial charge in [-0.15, -0.1) is 11.3 Å². The van der Waals surface area contributed by atoms with Gasteiger partial charge in [-0.3, -0.25) is 4.72 Å². The summed E-state index contributed by atoms with van der Waals surface area (Å²) in [6.45, 7) is 3.13. The number of carbonyl (C=O) groups is 1. The number of rotatable bonds is 10. The minimum absolute atomic E-state index is 0.0931. The lowest BCUT2D eigenvalue weighted by molar-refractivity contribution is 0.0373. The Kier molecular flexibility index (Phi) is 8.54. The first-order chi connectivity index (χ1) is 20.8. The van der Waals surface area contributed by atoms with Crippen molar-refractivity contribution >= 4 is 54.7 Å². The highest BCUT2D eigenvalue weighted by Crippen LogP contribution is 2.30. The second-order valence-corrected chi connectivity index (χ2v) is 14.1. The molecule has 0 amide bonds. The molecule has 0 bridgehead atoms.